The lowest BCUT2D eigenvalue weighted by atomic mass is 9.85. The minimum Gasteiger partial charge on any atom is -0.368 e. The summed E-state index contributed by atoms with van der Waals surface area (Å²) in [5.74, 6) is -1.34. The predicted molar refractivity (Wildman–Crippen MR) is 161 cm³/mol. The molecule has 0 bridgehead atoms. The standard InChI is InChI=1S/C31H30Cl2N6O3/c32-24-13-12-23(16-25(24)33)39-28(21-7-4-14-35-18-21)17-27(38-39)31(42)36-22-10-8-20(9-11-22)30(41)37-26(29(34)40)15-19-5-2-1-3-6-19/h1-7,12-14,16-18,20,22,26H,8-11,15H2,(H2,34,40)(H,36,42)(H,37,41)/t20-,22+,26?. The highest BCUT2D eigenvalue weighted by Crippen LogP contribution is 2.29. The van der Waals surface area contributed by atoms with Gasteiger partial charge in [-0.2, -0.15) is 5.10 Å². The second kappa shape index (κ2) is 13.2. The van der Waals surface area contributed by atoms with Crippen LogP contribution in [0.25, 0.3) is 16.9 Å². The van der Waals surface area contributed by atoms with Crippen LogP contribution in [0.15, 0.2) is 79.1 Å². The largest absolute Gasteiger partial charge is 0.368 e. The number of carbonyl (C=O) groups excluding carboxylic acids is 3. The molecule has 0 spiro atoms. The van der Waals surface area contributed by atoms with Crippen LogP contribution in [0.2, 0.25) is 10.0 Å². The van der Waals surface area contributed by atoms with Crippen molar-refractivity contribution in [1.82, 2.24) is 25.4 Å². The first-order chi connectivity index (χ1) is 20.3. The minimum absolute atomic E-state index is 0.116. The molecule has 0 radical (unpaired) electrons. The number of hydrogen-bond donors (Lipinski definition) is 3. The third-order valence-electron chi connectivity index (χ3n) is 7.42. The molecule has 2 aromatic carbocycles. The van der Waals surface area contributed by atoms with Gasteiger partial charge in [0.15, 0.2) is 5.69 Å². The molecule has 4 N–H and O–H groups in total. The number of nitrogens with one attached hydrogen (secondary N) is 2. The van der Waals surface area contributed by atoms with E-state index < -0.39 is 11.9 Å². The van der Waals surface area contributed by atoms with Crippen molar-refractivity contribution >= 4 is 40.9 Å². The van der Waals surface area contributed by atoms with Gasteiger partial charge in [0.25, 0.3) is 5.91 Å². The average Bonchev–Trinajstić information content (AvgIpc) is 3.45. The Labute approximate surface area is 253 Å². The van der Waals surface area contributed by atoms with Crippen molar-refractivity contribution in [1.29, 1.82) is 0 Å². The van der Waals surface area contributed by atoms with Gasteiger partial charge in [0.05, 0.1) is 21.4 Å². The van der Waals surface area contributed by atoms with E-state index in [1.54, 1.807) is 41.3 Å². The Kier molecular flexibility index (Phi) is 9.19. The van der Waals surface area contributed by atoms with Crippen molar-refractivity contribution in [3.8, 4) is 16.9 Å². The molecule has 1 unspecified atom stereocenters. The normalized spacial score (nSPS) is 17.3. The molecule has 0 saturated heterocycles. The van der Waals surface area contributed by atoms with Crippen molar-refractivity contribution in [2.75, 3.05) is 0 Å². The number of primary amides is 1. The number of benzene rings is 2. The molecule has 4 aromatic rings. The van der Waals surface area contributed by atoms with Gasteiger partial charge < -0.3 is 16.4 Å². The van der Waals surface area contributed by atoms with Crippen LogP contribution in [0.4, 0.5) is 0 Å². The van der Waals surface area contributed by atoms with Gasteiger partial charge in [-0.3, -0.25) is 19.4 Å². The van der Waals surface area contributed by atoms with Gasteiger partial charge in [-0.25, -0.2) is 4.68 Å². The Morgan fingerprint density at radius 3 is 2.38 bits per heavy atom. The SMILES string of the molecule is NC(=O)C(Cc1ccccc1)NC(=O)[C@H]1CC[C@@H](NC(=O)c2cc(-c3cccnc3)n(-c3ccc(Cl)c(Cl)c3)n2)CC1. The summed E-state index contributed by atoms with van der Waals surface area (Å²) in [4.78, 5) is 42.5. The van der Waals surface area contributed by atoms with Crippen LogP contribution in [-0.2, 0) is 16.0 Å². The molecule has 1 aliphatic carbocycles. The predicted octanol–water partition coefficient (Wildman–Crippen LogP) is 4.74. The van der Waals surface area contributed by atoms with E-state index in [-0.39, 0.29) is 29.5 Å². The van der Waals surface area contributed by atoms with Crippen molar-refractivity contribution in [3.63, 3.8) is 0 Å². The zero-order valence-electron chi connectivity index (χ0n) is 22.7. The maximum Gasteiger partial charge on any atom is 0.272 e. The van der Waals surface area contributed by atoms with Gasteiger partial charge in [-0.1, -0.05) is 53.5 Å². The fraction of sp³-hybridized carbons (Fsp3) is 0.258. The summed E-state index contributed by atoms with van der Waals surface area (Å²) in [6.07, 6.45) is 6.09. The Morgan fingerprint density at radius 2 is 1.71 bits per heavy atom. The molecule has 9 nitrogen and oxygen atoms in total. The summed E-state index contributed by atoms with van der Waals surface area (Å²) in [5, 5.41) is 11.3. The molecular formula is C31H30Cl2N6O3. The molecular weight excluding hydrogens is 575 g/mol. The third kappa shape index (κ3) is 6.98. The fourth-order valence-corrected chi connectivity index (χ4v) is 5.44. The highest BCUT2D eigenvalue weighted by atomic mass is 35.5. The number of amides is 3. The molecule has 42 heavy (non-hydrogen) atoms. The number of halogens is 2. The first kappa shape index (κ1) is 29.3. The Morgan fingerprint density at radius 1 is 0.952 bits per heavy atom. The van der Waals surface area contributed by atoms with E-state index in [1.165, 1.54) is 0 Å². The monoisotopic (exact) mass is 604 g/mol. The first-order valence-corrected chi connectivity index (χ1v) is 14.4. The summed E-state index contributed by atoms with van der Waals surface area (Å²) < 4.78 is 1.64. The van der Waals surface area contributed by atoms with Gasteiger partial charge in [0, 0.05) is 36.3 Å². The van der Waals surface area contributed by atoms with Crippen LogP contribution >= 0.6 is 23.2 Å². The number of aromatic nitrogens is 3. The number of nitrogens with zero attached hydrogens (tertiary/aromatic N) is 3. The zero-order chi connectivity index (χ0) is 29.6. The van der Waals surface area contributed by atoms with Crippen LogP contribution < -0.4 is 16.4 Å². The second-order valence-corrected chi connectivity index (χ2v) is 11.2. The average molecular weight is 606 g/mol. The Balaban J connectivity index is 1.23. The Bertz CT molecular complexity index is 1570. The molecule has 11 heteroatoms. The minimum atomic E-state index is -0.781. The molecule has 0 aliphatic heterocycles. The van der Waals surface area contributed by atoms with E-state index in [4.69, 9.17) is 28.9 Å². The molecule has 3 amide bonds. The first-order valence-electron chi connectivity index (χ1n) is 13.7. The van der Waals surface area contributed by atoms with Gasteiger partial charge in [-0.15, -0.1) is 0 Å². The lowest BCUT2D eigenvalue weighted by molar-refractivity contribution is -0.130. The number of rotatable bonds is 9. The molecule has 2 aromatic heterocycles. The highest BCUT2D eigenvalue weighted by Gasteiger charge is 2.30. The van der Waals surface area contributed by atoms with Crippen LogP contribution in [0.5, 0.6) is 0 Å². The molecule has 5 rings (SSSR count). The van der Waals surface area contributed by atoms with Crippen molar-refractivity contribution < 1.29 is 14.4 Å². The molecule has 2 heterocycles. The van der Waals surface area contributed by atoms with Crippen LogP contribution in [-0.4, -0.2) is 44.6 Å². The van der Waals surface area contributed by atoms with Crippen molar-refractivity contribution in [2.45, 2.75) is 44.2 Å². The summed E-state index contributed by atoms with van der Waals surface area (Å²) in [6.45, 7) is 0. The van der Waals surface area contributed by atoms with Crippen molar-refractivity contribution in [3.05, 3.63) is 100 Å². The van der Waals surface area contributed by atoms with E-state index in [9.17, 15) is 14.4 Å². The van der Waals surface area contributed by atoms with Crippen LogP contribution in [0.3, 0.4) is 0 Å². The maximum atomic E-state index is 13.3. The topological polar surface area (TPSA) is 132 Å². The number of carbonyl (C=O) groups is 3. The van der Waals surface area contributed by atoms with E-state index in [0.29, 0.717) is 53.5 Å². The summed E-state index contributed by atoms with van der Waals surface area (Å²) in [7, 11) is 0. The fourth-order valence-electron chi connectivity index (χ4n) is 5.15. The summed E-state index contributed by atoms with van der Waals surface area (Å²) >= 11 is 12.4. The van der Waals surface area contributed by atoms with Crippen molar-refractivity contribution in [2.24, 2.45) is 11.7 Å². The highest BCUT2D eigenvalue weighted by molar-refractivity contribution is 6.42. The Hall–Kier alpha value is -4.21. The van der Waals surface area contributed by atoms with Gasteiger partial charge >= 0.3 is 0 Å². The number of pyridine rings is 1. The molecule has 1 saturated carbocycles. The lowest BCUT2D eigenvalue weighted by Crippen LogP contribution is -2.49. The number of hydrogen-bond acceptors (Lipinski definition) is 5. The van der Waals surface area contributed by atoms with E-state index >= 15 is 0 Å². The lowest BCUT2D eigenvalue weighted by Gasteiger charge is -2.29. The third-order valence-corrected chi connectivity index (χ3v) is 8.16. The van der Waals surface area contributed by atoms with E-state index in [1.807, 2.05) is 42.5 Å². The zero-order valence-corrected chi connectivity index (χ0v) is 24.2. The van der Waals surface area contributed by atoms with Gasteiger partial charge in [0.1, 0.15) is 6.04 Å². The van der Waals surface area contributed by atoms with Gasteiger partial charge in [-0.05, 0) is 67.6 Å². The molecule has 216 valence electrons. The quantitative estimate of drug-likeness (QED) is 0.254. The van der Waals surface area contributed by atoms with Gasteiger partial charge in [0.2, 0.25) is 11.8 Å². The molecule has 1 aliphatic rings. The summed E-state index contributed by atoms with van der Waals surface area (Å²) in [6, 6.07) is 19.1. The van der Waals surface area contributed by atoms with Crippen LogP contribution in [0.1, 0.15) is 41.7 Å². The summed E-state index contributed by atoms with van der Waals surface area (Å²) in [5.41, 5.74) is 8.83. The molecule has 1 fully saturated rings. The van der Waals surface area contributed by atoms with E-state index in [2.05, 4.69) is 20.7 Å². The number of nitrogens with two attached hydrogens (primary N) is 1. The van der Waals surface area contributed by atoms with Crippen LogP contribution in [0, 0.1) is 5.92 Å². The second-order valence-electron chi connectivity index (χ2n) is 10.3. The molecule has 1 atom stereocenters. The smallest absolute Gasteiger partial charge is 0.272 e. The van der Waals surface area contributed by atoms with E-state index in [0.717, 1.165) is 11.1 Å². The maximum absolute atomic E-state index is 13.3.